The first kappa shape index (κ1) is 17.0. The molecule has 0 unspecified atom stereocenters. The largest absolute Gasteiger partial charge is 0.504 e. The highest BCUT2D eigenvalue weighted by Crippen LogP contribution is 2.27. The van der Waals surface area contributed by atoms with Gasteiger partial charge in [0.2, 0.25) is 5.16 Å². The molecule has 8 heteroatoms. The lowest BCUT2D eigenvalue weighted by Crippen LogP contribution is -2.06. The molecule has 0 fully saturated rings. The van der Waals surface area contributed by atoms with Crippen molar-refractivity contribution in [3.8, 4) is 17.2 Å². The van der Waals surface area contributed by atoms with Crippen molar-refractivity contribution in [2.45, 2.75) is 19.0 Å². The molecule has 0 spiro atoms. The zero-order valence-corrected chi connectivity index (χ0v) is 14.5. The minimum atomic E-state index is -0.323. The second kappa shape index (κ2) is 6.94. The Kier molecular flexibility index (Phi) is 4.71. The van der Waals surface area contributed by atoms with Crippen molar-refractivity contribution in [3.05, 3.63) is 53.1 Å². The highest BCUT2D eigenvalue weighted by molar-refractivity contribution is 7.99. The number of tetrazole rings is 1. The molecule has 7 nitrogen and oxygen atoms in total. The van der Waals surface area contributed by atoms with E-state index in [1.54, 1.807) is 4.68 Å². The van der Waals surface area contributed by atoms with E-state index in [2.05, 4.69) is 15.5 Å². The van der Waals surface area contributed by atoms with E-state index in [1.165, 1.54) is 30.0 Å². The topological polar surface area (TPSA) is 101 Å². The summed E-state index contributed by atoms with van der Waals surface area (Å²) < 4.78 is 1.60. The van der Waals surface area contributed by atoms with Gasteiger partial charge in [0.05, 0.1) is 11.4 Å². The normalized spacial score (nSPS) is 10.8. The molecule has 3 rings (SSSR count). The van der Waals surface area contributed by atoms with E-state index in [0.717, 1.165) is 16.8 Å². The average molecular weight is 356 g/mol. The van der Waals surface area contributed by atoms with Gasteiger partial charge in [-0.3, -0.25) is 4.79 Å². The van der Waals surface area contributed by atoms with Crippen molar-refractivity contribution < 1.29 is 15.0 Å². The first-order valence-electron chi connectivity index (χ1n) is 7.49. The third-order valence-electron chi connectivity index (χ3n) is 3.65. The Morgan fingerprint density at radius 2 is 1.92 bits per heavy atom. The number of aryl methyl sites for hydroxylation is 2. The van der Waals surface area contributed by atoms with Crippen LogP contribution in [0.25, 0.3) is 5.69 Å². The Labute approximate surface area is 148 Å². The lowest BCUT2D eigenvalue weighted by Gasteiger charge is -2.08. The number of Topliss-reactive ketones (excluding diaryl/α,β-unsaturated/α-hetero) is 1. The number of aromatic hydroxyl groups is 2. The molecule has 0 aliphatic heterocycles. The highest BCUT2D eigenvalue weighted by atomic mass is 32.2. The predicted octanol–water partition coefficient (Wildman–Crippen LogP) is 2.67. The fourth-order valence-electron chi connectivity index (χ4n) is 2.37. The second-order valence-corrected chi connectivity index (χ2v) is 6.52. The molecular formula is C17H16N4O3S. The van der Waals surface area contributed by atoms with Gasteiger partial charge in [0, 0.05) is 5.56 Å². The monoisotopic (exact) mass is 356 g/mol. The summed E-state index contributed by atoms with van der Waals surface area (Å²) in [6.07, 6.45) is 0. The van der Waals surface area contributed by atoms with Gasteiger partial charge in [-0.25, -0.2) is 0 Å². The Bertz CT molecular complexity index is 939. The quantitative estimate of drug-likeness (QED) is 0.412. The number of hydrogen-bond acceptors (Lipinski definition) is 7. The third kappa shape index (κ3) is 3.63. The van der Waals surface area contributed by atoms with Gasteiger partial charge < -0.3 is 10.2 Å². The number of thioether (sulfide) groups is 1. The fraction of sp³-hybridized carbons (Fsp3) is 0.176. The number of ketones is 1. The Balaban J connectivity index is 1.77. The van der Waals surface area contributed by atoms with Crippen LogP contribution in [-0.2, 0) is 0 Å². The van der Waals surface area contributed by atoms with Crippen molar-refractivity contribution in [3.63, 3.8) is 0 Å². The molecule has 0 saturated heterocycles. The van der Waals surface area contributed by atoms with Crippen LogP contribution in [0.5, 0.6) is 11.5 Å². The molecule has 0 aliphatic rings. The minimum absolute atomic E-state index is 0.107. The van der Waals surface area contributed by atoms with E-state index in [1.807, 2.05) is 32.0 Å². The van der Waals surface area contributed by atoms with Gasteiger partial charge in [-0.2, -0.15) is 4.68 Å². The summed E-state index contributed by atoms with van der Waals surface area (Å²) >= 11 is 1.21. The lowest BCUT2D eigenvalue weighted by atomic mass is 10.1. The Morgan fingerprint density at radius 1 is 1.12 bits per heavy atom. The Hall–Kier alpha value is -2.87. The van der Waals surface area contributed by atoms with Crippen molar-refractivity contribution in [2.75, 3.05) is 5.75 Å². The zero-order valence-electron chi connectivity index (χ0n) is 13.7. The second-order valence-electron chi connectivity index (χ2n) is 5.58. The van der Waals surface area contributed by atoms with Crippen molar-refractivity contribution >= 4 is 17.5 Å². The van der Waals surface area contributed by atoms with Gasteiger partial charge in [0.15, 0.2) is 17.3 Å². The molecule has 1 heterocycles. The van der Waals surface area contributed by atoms with Gasteiger partial charge in [0.1, 0.15) is 0 Å². The zero-order chi connectivity index (χ0) is 18.0. The number of hydrogen-bond donors (Lipinski definition) is 2. The van der Waals surface area contributed by atoms with Crippen LogP contribution in [0.15, 0.2) is 41.6 Å². The highest BCUT2D eigenvalue weighted by Gasteiger charge is 2.15. The van der Waals surface area contributed by atoms with E-state index in [-0.39, 0.29) is 23.0 Å². The molecule has 0 saturated carbocycles. The fourth-order valence-corrected chi connectivity index (χ4v) is 3.15. The van der Waals surface area contributed by atoms with Crippen LogP contribution >= 0.6 is 11.8 Å². The summed E-state index contributed by atoms with van der Waals surface area (Å²) in [6, 6.07) is 9.94. The van der Waals surface area contributed by atoms with Crippen molar-refractivity contribution in [1.82, 2.24) is 20.2 Å². The molecule has 0 bridgehead atoms. The van der Waals surface area contributed by atoms with Crippen molar-refractivity contribution in [2.24, 2.45) is 0 Å². The van der Waals surface area contributed by atoms with E-state index >= 15 is 0 Å². The molecule has 3 aromatic rings. The van der Waals surface area contributed by atoms with E-state index in [9.17, 15) is 15.0 Å². The number of rotatable bonds is 5. The number of phenols is 2. The number of carbonyl (C=O) groups is 1. The Morgan fingerprint density at radius 3 is 2.64 bits per heavy atom. The summed E-state index contributed by atoms with van der Waals surface area (Å²) in [4.78, 5) is 12.3. The van der Waals surface area contributed by atoms with Crippen LogP contribution < -0.4 is 0 Å². The molecule has 0 amide bonds. The summed E-state index contributed by atoms with van der Waals surface area (Å²) in [5.74, 6) is -0.676. The van der Waals surface area contributed by atoms with Crippen LogP contribution in [-0.4, -0.2) is 42.0 Å². The smallest absolute Gasteiger partial charge is 0.214 e. The van der Waals surface area contributed by atoms with Crippen LogP contribution in [0, 0.1) is 13.8 Å². The summed E-state index contributed by atoms with van der Waals surface area (Å²) in [7, 11) is 0. The van der Waals surface area contributed by atoms with Gasteiger partial charge >= 0.3 is 0 Å². The maximum Gasteiger partial charge on any atom is 0.214 e. The van der Waals surface area contributed by atoms with Crippen LogP contribution in [0.3, 0.4) is 0 Å². The van der Waals surface area contributed by atoms with E-state index in [0.29, 0.717) is 10.7 Å². The van der Waals surface area contributed by atoms with Crippen LogP contribution in [0.4, 0.5) is 0 Å². The maximum absolute atomic E-state index is 12.3. The maximum atomic E-state index is 12.3. The summed E-state index contributed by atoms with van der Waals surface area (Å²) in [5, 5.41) is 31.0. The molecule has 1 aromatic heterocycles. The molecule has 0 radical (unpaired) electrons. The summed E-state index contributed by atoms with van der Waals surface area (Å²) in [6.45, 7) is 3.99. The van der Waals surface area contributed by atoms with Gasteiger partial charge in [0.25, 0.3) is 0 Å². The molecule has 2 N–H and O–H groups in total. The van der Waals surface area contributed by atoms with Gasteiger partial charge in [-0.15, -0.1) is 5.10 Å². The minimum Gasteiger partial charge on any atom is -0.504 e. The lowest BCUT2D eigenvalue weighted by molar-refractivity contribution is 0.102. The number of phenolic OH excluding ortho intramolecular Hbond substituents is 2. The van der Waals surface area contributed by atoms with Crippen molar-refractivity contribution in [1.29, 1.82) is 0 Å². The van der Waals surface area contributed by atoms with E-state index in [4.69, 9.17) is 0 Å². The number of aromatic nitrogens is 4. The SMILES string of the molecule is Cc1ccc(-n2nnnc2SCC(=O)c2ccc(O)c(O)c2)c(C)c1. The average Bonchev–Trinajstić information content (AvgIpc) is 3.03. The molecule has 25 heavy (non-hydrogen) atoms. The van der Waals surface area contributed by atoms with Gasteiger partial charge in [-0.1, -0.05) is 29.5 Å². The molecule has 128 valence electrons. The predicted molar refractivity (Wildman–Crippen MR) is 93.5 cm³/mol. The summed E-state index contributed by atoms with van der Waals surface area (Å²) in [5.41, 5.74) is 3.34. The standard InChI is InChI=1S/C17H16N4O3S/c1-10-3-5-13(11(2)7-10)21-17(18-19-20-21)25-9-16(24)12-4-6-14(22)15(23)8-12/h3-8,22-23H,9H2,1-2H3. The van der Waals surface area contributed by atoms with Gasteiger partial charge in [-0.05, 0) is 54.1 Å². The van der Waals surface area contributed by atoms with Crippen LogP contribution in [0.2, 0.25) is 0 Å². The van der Waals surface area contributed by atoms with Crippen LogP contribution in [0.1, 0.15) is 21.5 Å². The third-order valence-corrected chi connectivity index (χ3v) is 4.57. The molecular weight excluding hydrogens is 340 g/mol. The number of nitrogens with zero attached hydrogens (tertiary/aromatic N) is 4. The number of carbonyl (C=O) groups excluding carboxylic acids is 1. The molecule has 0 aliphatic carbocycles. The molecule has 2 aromatic carbocycles. The molecule has 0 atom stereocenters. The number of benzene rings is 2. The first-order chi connectivity index (χ1) is 12.0. The first-order valence-corrected chi connectivity index (χ1v) is 8.48. The van der Waals surface area contributed by atoms with E-state index < -0.39 is 0 Å².